The third-order valence-corrected chi connectivity index (χ3v) is 0.973. The number of hydrazone groups is 1. The molecule has 0 saturated carbocycles. The van der Waals surface area contributed by atoms with Crippen molar-refractivity contribution < 1.29 is 0 Å². The lowest BCUT2D eigenvalue weighted by Crippen LogP contribution is -2.04. The molecule has 0 rings (SSSR count). The van der Waals surface area contributed by atoms with Gasteiger partial charge in [0.25, 0.3) is 0 Å². The molecule has 0 aromatic carbocycles. The van der Waals surface area contributed by atoms with Crippen LogP contribution in [-0.2, 0) is 0 Å². The standard InChI is InChI=1S/C8H12N2/c1-5-7-10(9-4)8(3)6-2/h5-7H,2-4H2,1H3/b7-5-. The Balaban J connectivity index is 4.19. The largest absolute Gasteiger partial charge is 0.243 e. The third kappa shape index (κ3) is 2.31. The first kappa shape index (κ1) is 8.69. The summed E-state index contributed by atoms with van der Waals surface area (Å²) in [5.41, 5.74) is 0.716. The first-order valence-corrected chi connectivity index (χ1v) is 2.96. The summed E-state index contributed by atoms with van der Waals surface area (Å²) in [6.07, 6.45) is 5.23. The minimum Gasteiger partial charge on any atom is -0.243 e. The number of nitrogens with zero attached hydrogens (tertiary/aromatic N) is 2. The molecule has 0 unspecified atom stereocenters. The Morgan fingerprint density at radius 3 is 2.50 bits per heavy atom. The molecule has 0 aromatic rings. The Morgan fingerprint density at radius 1 is 1.60 bits per heavy atom. The fraction of sp³-hybridized carbons (Fsp3) is 0.125. The first-order chi connectivity index (χ1) is 4.76. The van der Waals surface area contributed by atoms with E-state index in [9.17, 15) is 0 Å². The van der Waals surface area contributed by atoms with Crippen LogP contribution in [0, 0.1) is 0 Å². The average Bonchev–Trinajstić information content (AvgIpc) is 1.99. The third-order valence-electron chi connectivity index (χ3n) is 0.973. The molecule has 0 bridgehead atoms. The Bertz CT molecular complexity index is 168. The van der Waals surface area contributed by atoms with Crippen molar-refractivity contribution in [2.45, 2.75) is 6.92 Å². The Labute approximate surface area is 61.9 Å². The second kappa shape index (κ2) is 4.56. The molecule has 0 aliphatic rings. The highest BCUT2D eigenvalue weighted by Crippen LogP contribution is 2.02. The van der Waals surface area contributed by atoms with Crippen LogP contribution in [0.5, 0.6) is 0 Å². The molecule has 0 aromatic heterocycles. The summed E-state index contributed by atoms with van der Waals surface area (Å²) in [7, 11) is 0. The minimum atomic E-state index is 0.716. The van der Waals surface area contributed by atoms with Gasteiger partial charge < -0.3 is 0 Å². The molecule has 0 heterocycles. The van der Waals surface area contributed by atoms with Crippen molar-refractivity contribution in [1.82, 2.24) is 5.01 Å². The van der Waals surface area contributed by atoms with Gasteiger partial charge in [0.1, 0.15) is 0 Å². The van der Waals surface area contributed by atoms with Gasteiger partial charge in [0, 0.05) is 12.9 Å². The van der Waals surface area contributed by atoms with Gasteiger partial charge >= 0.3 is 0 Å². The zero-order chi connectivity index (χ0) is 7.98. The van der Waals surface area contributed by atoms with Gasteiger partial charge in [0.2, 0.25) is 0 Å². The SMILES string of the molecule is C=CC(=C)N(/C=C\C)N=C. The van der Waals surface area contributed by atoms with Gasteiger partial charge in [-0.05, 0) is 13.0 Å². The minimum absolute atomic E-state index is 0.716. The summed E-state index contributed by atoms with van der Waals surface area (Å²) < 4.78 is 0. The second-order valence-corrected chi connectivity index (χ2v) is 1.66. The monoisotopic (exact) mass is 136 g/mol. The highest BCUT2D eigenvalue weighted by Gasteiger charge is 1.92. The molecular formula is C8H12N2. The molecule has 2 nitrogen and oxygen atoms in total. The molecule has 2 heteroatoms. The van der Waals surface area contributed by atoms with Crippen molar-refractivity contribution >= 4 is 6.72 Å². The summed E-state index contributed by atoms with van der Waals surface area (Å²) in [6, 6.07) is 0. The zero-order valence-electron chi connectivity index (χ0n) is 6.25. The highest BCUT2D eigenvalue weighted by atomic mass is 15.4. The second-order valence-electron chi connectivity index (χ2n) is 1.66. The molecule has 10 heavy (non-hydrogen) atoms. The van der Waals surface area contributed by atoms with E-state index in [0.29, 0.717) is 5.70 Å². The van der Waals surface area contributed by atoms with E-state index in [-0.39, 0.29) is 0 Å². The van der Waals surface area contributed by atoms with E-state index < -0.39 is 0 Å². The van der Waals surface area contributed by atoms with Crippen molar-refractivity contribution in [1.29, 1.82) is 0 Å². The molecule has 0 radical (unpaired) electrons. The summed E-state index contributed by atoms with van der Waals surface area (Å²) in [6.45, 7) is 12.5. The molecule has 0 N–H and O–H groups in total. The predicted molar refractivity (Wildman–Crippen MR) is 45.5 cm³/mol. The fourth-order valence-electron chi connectivity index (χ4n) is 0.468. The number of rotatable bonds is 4. The maximum atomic E-state index is 3.69. The Morgan fingerprint density at radius 2 is 2.20 bits per heavy atom. The van der Waals surface area contributed by atoms with E-state index in [1.807, 2.05) is 13.0 Å². The van der Waals surface area contributed by atoms with Crippen LogP contribution in [0.25, 0.3) is 0 Å². The average molecular weight is 136 g/mol. The summed E-state index contributed by atoms with van der Waals surface area (Å²) in [5, 5.41) is 5.22. The highest BCUT2D eigenvalue weighted by molar-refractivity contribution is 5.25. The first-order valence-electron chi connectivity index (χ1n) is 2.96. The Kier molecular flexibility index (Phi) is 3.96. The number of allylic oxidation sites excluding steroid dienone is 2. The van der Waals surface area contributed by atoms with Crippen molar-refractivity contribution in [3.63, 3.8) is 0 Å². The molecular weight excluding hydrogens is 124 g/mol. The summed E-state index contributed by atoms with van der Waals surface area (Å²) >= 11 is 0. The van der Waals surface area contributed by atoms with Crippen molar-refractivity contribution in [2.75, 3.05) is 0 Å². The van der Waals surface area contributed by atoms with E-state index in [4.69, 9.17) is 0 Å². The van der Waals surface area contributed by atoms with Crippen LogP contribution >= 0.6 is 0 Å². The molecule has 0 aliphatic heterocycles. The summed E-state index contributed by atoms with van der Waals surface area (Å²) in [4.78, 5) is 0. The molecule has 0 atom stereocenters. The van der Waals surface area contributed by atoms with E-state index in [1.54, 1.807) is 17.3 Å². The van der Waals surface area contributed by atoms with Crippen molar-refractivity contribution in [3.8, 4) is 0 Å². The van der Waals surface area contributed by atoms with E-state index in [1.165, 1.54) is 0 Å². The van der Waals surface area contributed by atoms with Gasteiger partial charge in [-0.2, -0.15) is 5.10 Å². The van der Waals surface area contributed by atoms with Gasteiger partial charge in [0.15, 0.2) is 0 Å². The summed E-state index contributed by atoms with van der Waals surface area (Å²) in [5.74, 6) is 0. The van der Waals surface area contributed by atoms with Gasteiger partial charge in [-0.15, -0.1) is 0 Å². The van der Waals surface area contributed by atoms with Crippen LogP contribution in [0.4, 0.5) is 0 Å². The molecule has 0 saturated heterocycles. The smallest absolute Gasteiger partial charge is 0.0567 e. The van der Waals surface area contributed by atoms with Crippen LogP contribution in [-0.4, -0.2) is 11.7 Å². The van der Waals surface area contributed by atoms with Gasteiger partial charge in [-0.25, -0.2) is 5.01 Å². The maximum Gasteiger partial charge on any atom is 0.0567 e. The van der Waals surface area contributed by atoms with E-state index in [2.05, 4.69) is 25.0 Å². The van der Waals surface area contributed by atoms with Crippen molar-refractivity contribution in [3.05, 3.63) is 37.2 Å². The lowest BCUT2D eigenvalue weighted by Gasteiger charge is -2.11. The number of hydrogen-bond acceptors (Lipinski definition) is 2. The van der Waals surface area contributed by atoms with Crippen LogP contribution in [0.3, 0.4) is 0 Å². The topological polar surface area (TPSA) is 15.6 Å². The normalized spacial score (nSPS) is 9.30. The van der Waals surface area contributed by atoms with Gasteiger partial charge in [-0.3, -0.25) is 0 Å². The molecule has 0 fully saturated rings. The van der Waals surface area contributed by atoms with Gasteiger partial charge in [-0.1, -0.05) is 19.2 Å². The fourth-order valence-corrected chi connectivity index (χ4v) is 0.468. The maximum absolute atomic E-state index is 3.69. The molecule has 0 aliphatic carbocycles. The zero-order valence-corrected chi connectivity index (χ0v) is 6.25. The molecule has 54 valence electrons. The number of hydrogen-bond donors (Lipinski definition) is 0. The Hall–Kier alpha value is -1.31. The predicted octanol–water partition coefficient (Wildman–Crippen LogP) is 2.14. The van der Waals surface area contributed by atoms with E-state index in [0.717, 1.165) is 0 Å². The lowest BCUT2D eigenvalue weighted by atomic mass is 10.4. The van der Waals surface area contributed by atoms with Crippen molar-refractivity contribution in [2.24, 2.45) is 5.10 Å². The van der Waals surface area contributed by atoms with E-state index >= 15 is 0 Å². The molecule has 0 amide bonds. The molecule has 0 spiro atoms. The lowest BCUT2D eigenvalue weighted by molar-refractivity contribution is 0.521. The van der Waals surface area contributed by atoms with Gasteiger partial charge in [0.05, 0.1) is 5.70 Å². The van der Waals surface area contributed by atoms with Crippen LogP contribution in [0.1, 0.15) is 6.92 Å². The quantitative estimate of drug-likeness (QED) is 0.328. The van der Waals surface area contributed by atoms with Crippen LogP contribution < -0.4 is 0 Å². The van der Waals surface area contributed by atoms with Crippen LogP contribution in [0.2, 0.25) is 0 Å². The van der Waals surface area contributed by atoms with Crippen LogP contribution in [0.15, 0.2) is 42.3 Å².